The average Bonchev–Trinajstić information content (AvgIpc) is 3.04. The third kappa shape index (κ3) is 4.93. The van der Waals surface area contributed by atoms with Gasteiger partial charge in [-0.25, -0.2) is 13.1 Å². The SMILES string of the molecule is N#Cc1ccc(S(=O)(=O)NC(=O)CCC2CCCO2)cc1C(F)(F)F. The van der Waals surface area contributed by atoms with Crippen LogP contribution >= 0.6 is 0 Å². The van der Waals surface area contributed by atoms with Gasteiger partial charge in [-0.05, 0) is 37.5 Å². The first-order chi connectivity index (χ1) is 11.6. The van der Waals surface area contributed by atoms with Crippen molar-refractivity contribution in [3.63, 3.8) is 0 Å². The van der Waals surface area contributed by atoms with Crippen LogP contribution in [0.4, 0.5) is 13.2 Å². The quantitative estimate of drug-likeness (QED) is 0.851. The second-order valence-corrected chi connectivity index (χ2v) is 7.20. The van der Waals surface area contributed by atoms with E-state index in [-0.39, 0.29) is 12.5 Å². The third-order valence-electron chi connectivity index (χ3n) is 3.69. The second-order valence-electron chi connectivity index (χ2n) is 5.52. The Morgan fingerprint density at radius 2 is 2.12 bits per heavy atom. The highest BCUT2D eigenvalue weighted by molar-refractivity contribution is 7.90. The topological polar surface area (TPSA) is 96.3 Å². The Bertz CT molecular complexity index is 794. The van der Waals surface area contributed by atoms with Crippen molar-refractivity contribution in [3.05, 3.63) is 29.3 Å². The predicted octanol–water partition coefficient (Wildman–Crippen LogP) is 2.34. The molecule has 25 heavy (non-hydrogen) atoms. The summed E-state index contributed by atoms with van der Waals surface area (Å²) in [7, 11) is -4.46. The monoisotopic (exact) mass is 376 g/mol. The molecule has 0 bridgehead atoms. The van der Waals surface area contributed by atoms with Crippen LogP contribution in [0.15, 0.2) is 23.1 Å². The maximum absolute atomic E-state index is 12.9. The summed E-state index contributed by atoms with van der Waals surface area (Å²) in [5.74, 6) is -0.826. The van der Waals surface area contributed by atoms with Gasteiger partial charge in [0.05, 0.1) is 28.2 Å². The van der Waals surface area contributed by atoms with Crippen LogP contribution in [0.1, 0.15) is 36.8 Å². The minimum Gasteiger partial charge on any atom is -0.378 e. The summed E-state index contributed by atoms with van der Waals surface area (Å²) in [6.07, 6.45) is -3.13. The Kier molecular flexibility index (Phi) is 5.69. The molecule has 1 fully saturated rings. The van der Waals surface area contributed by atoms with Gasteiger partial charge in [0.1, 0.15) is 0 Å². The molecule has 0 aliphatic carbocycles. The number of sulfonamides is 1. The van der Waals surface area contributed by atoms with Gasteiger partial charge in [0.2, 0.25) is 5.91 Å². The van der Waals surface area contributed by atoms with Crippen LogP contribution in [0.2, 0.25) is 0 Å². The standard InChI is InChI=1S/C15H15F3N2O4S/c16-15(17,18)13-8-12(5-3-10(13)9-19)25(22,23)20-14(21)6-4-11-2-1-7-24-11/h3,5,8,11H,1-2,4,6-7H2,(H,20,21). The molecule has 1 amide bonds. The molecule has 1 aromatic rings. The number of halogens is 3. The zero-order valence-electron chi connectivity index (χ0n) is 13.0. The van der Waals surface area contributed by atoms with Gasteiger partial charge < -0.3 is 4.74 Å². The number of nitrogens with zero attached hydrogens (tertiary/aromatic N) is 1. The van der Waals surface area contributed by atoms with Gasteiger partial charge in [-0.15, -0.1) is 0 Å². The Morgan fingerprint density at radius 1 is 1.40 bits per heavy atom. The summed E-state index contributed by atoms with van der Waals surface area (Å²) in [6.45, 7) is 0.593. The molecule has 1 saturated heterocycles. The largest absolute Gasteiger partial charge is 0.417 e. The Morgan fingerprint density at radius 3 is 2.68 bits per heavy atom. The first-order valence-electron chi connectivity index (χ1n) is 7.42. The number of nitrogens with one attached hydrogen (secondary N) is 1. The van der Waals surface area contributed by atoms with Gasteiger partial charge in [0, 0.05) is 13.0 Å². The lowest BCUT2D eigenvalue weighted by Gasteiger charge is -2.12. The molecule has 1 aliphatic heterocycles. The van der Waals surface area contributed by atoms with E-state index in [0.717, 1.165) is 25.0 Å². The fourth-order valence-electron chi connectivity index (χ4n) is 2.45. The van der Waals surface area contributed by atoms with Crippen LogP contribution in [0.5, 0.6) is 0 Å². The van der Waals surface area contributed by atoms with Crippen molar-refractivity contribution < 1.29 is 31.1 Å². The maximum atomic E-state index is 12.9. The average molecular weight is 376 g/mol. The molecule has 1 atom stereocenters. The number of amides is 1. The van der Waals surface area contributed by atoms with Crippen LogP contribution in [-0.4, -0.2) is 27.0 Å². The summed E-state index contributed by atoms with van der Waals surface area (Å²) in [6, 6.07) is 3.31. The molecule has 1 unspecified atom stereocenters. The third-order valence-corrected chi connectivity index (χ3v) is 5.06. The maximum Gasteiger partial charge on any atom is 0.417 e. The molecule has 0 saturated carbocycles. The lowest BCUT2D eigenvalue weighted by Crippen LogP contribution is -2.31. The summed E-state index contributed by atoms with van der Waals surface area (Å²) >= 11 is 0. The van der Waals surface area contributed by atoms with Gasteiger partial charge in [-0.3, -0.25) is 4.79 Å². The number of ether oxygens (including phenoxy) is 1. The number of hydrogen-bond acceptors (Lipinski definition) is 5. The van der Waals surface area contributed by atoms with Crippen LogP contribution in [0.3, 0.4) is 0 Å². The fraction of sp³-hybridized carbons (Fsp3) is 0.467. The molecule has 0 spiro atoms. The smallest absolute Gasteiger partial charge is 0.378 e. The van der Waals surface area contributed by atoms with Crippen LogP contribution in [0, 0.1) is 11.3 Å². The number of hydrogen-bond donors (Lipinski definition) is 1. The molecule has 1 N–H and O–H groups in total. The zero-order chi connectivity index (χ0) is 18.7. The summed E-state index contributed by atoms with van der Waals surface area (Å²) < 4.78 is 70.0. The van der Waals surface area contributed by atoms with Crippen molar-refractivity contribution in [2.75, 3.05) is 6.61 Å². The van der Waals surface area contributed by atoms with E-state index in [4.69, 9.17) is 10.00 Å². The molecular formula is C15H15F3N2O4S. The number of rotatable bonds is 5. The van der Waals surface area contributed by atoms with E-state index in [2.05, 4.69) is 0 Å². The Balaban J connectivity index is 2.13. The highest BCUT2D eigenvalue weighted by Gasteiger charge is 2.35. The minimum atomic E-state index is -4.89. The highest BCUT2D eigenvalue weighted by Crippen LogP contribution is 2.33. The van der Waals surface area contributed by atoms with Crippen LogP contribution < -0.4 is 4.72 Å². The first kappa shape index (κ1) is 19.2. The number of alkyl halides is 3. The molecule has 1 aliphatic rings. The molecular weight excluding hydrogens is 361 g/mol. The van der Waals surface area contributed by atoms with Gasteiger partial charge in [-0.2, -0.15) is 18.4 Å². The summed E-state index contributed by atoms with van der Waals surface area (Å²) in [5, 5.41) is 8.71. The van der Waals surface area contributed by atoms with E-state index in [1.54, 1.807) is 4.72 Å². The van der Waals surface area contributed by atoms with Crippen molar-refractivity contribution in [1.82, 2.24) is 4.72 Å². The number of benzene rings is 1. The van der Waals surface area contributed by atoms with Gasteiger partial charge in [-0.1, -0.05) is 0 Å². The molecule has 2 rings (SSSR count). The summed E-state index contributed by atoms with van der Waals surface area (Å²) in [4.78, 5) is 11.0. The molecule has 0 aromatic heterocycles. The van der Waals surface area contributed by atoms with Crippen molar-refractivity contribution in [2.24, 2.45) is 0 Å². The first-order valence-corrected chi connectivity index (χ1v) is 8.90. The van der Waals surface area contributed by atoms with E-state index in [0.29, 0.717) is 19.1 Å². The van der Waals surface area contributed by atoms with E-state index in [9.17, 15) is 26.4 Å². The highest BCUT2D eigenvalue weighted by atomic mass is 32.2. The van der Waals surface area contributed by atoms with Gasteiger partial charge >= 0.3 is 6.18 Å². The normalized spacial score (nSPS) is 17.9. The van der Waals surface area contributed by atoms with E-state index < -0.39 is 38.1 Å². The summed E-state index contributed by atoms with van der Waals surface area (Å²) in [5.41, 5.74) is -2.07. The zero-order valence-corrected chi connectivity index (χ0v) is 13.8. The van der Waals surface area contributed by atoms with Gasteiger partial charge in [0.15, 0.2) is 0 Å². The lowest BCUT2D eigenvalue weighted by atomic mass is 10.1. The Hall–Kier alpha value is -2.12. The van der Waals surface area contributed by atoms with Crippen molar-refractivity contribution in [2.45, 2.75) is 42.9 Å². The molecule has 0 radical (unpaired) electrons. The molecule has 1 heterocycles. The van der Waals surface area contributed by atoms with Crippen molar-refractivity contribution in [3.8, 4) is 6.07 Å². The minimum absolute atomic E-state index is 0.111. The molecule has 136 valence electrons. The van der Waals surface area contributed by atoms with E-state index in [1.165, 1.54) is 6.07 Å². The van der Waals surface area contributed by atoms with Crippen molar-refractivity contribution >= 4 is 15.9 Å². The molecule has 10 heteroatoms. The molecule has 6 nitrogen and oxygen atoms in total. The van der Waals surface area contributed by atoms with E-state index >= 15 is 0 Å². The van der Waals surface area contributed by atoms with Gasteiger partial charge in [0.25, 0.3) is 10.0 Å². The number of carbonyl (C=O) groups excluding carboxylic acids is 1. The number of nitriles is 1. The second kappa shape index (κ2) is 7.41. The van der Waals surface area contributed by atoms with Crippen LogP contribution in [-0.2, 0) is 25.7 Å². The predicted molar refractivity (Wildman–Crippen MR) is 79.7 cm³/mol. The van der Waals surface area contributed by atoms with Crippen LogP contribution in [0.25, 0.3) is 0 Å². The molecule has 1 aromatic carbocycles. The Labute approximate surface area is 142 Å². The number of carbonyl (C=O) groups is 1. The lowest BCUT2D eigenvalue weighted by molar-refractivity contribution is -0.137. The van der Waals surface area contributed by atoms with Crippen molar-refractivity contribution in [1.29, 1.82) is 5.26 Å². The fourth-order valence-corrected chi connectivity index (χ4v) is 3.49. The van der Waals surface area contributed by atoms with E-state index in [1.807, 2.05) is 0 Å².